The summed E-state index contributed by atoms with van der Waals surface area (Å²) in [4.78, 5) is 24.5. The minimum absolute atomic E-state index is 0.0113. The third-order valence-corrected chi connectivity index (χ3v) is 6.26. The lowest BCUT2D eigenvalue weighted by Gasteiger charge is -2.10. The molecule has 0 atom stereocenters. The van der Waals surface area contributed by atoms with E-state index < -0.39 is 0 Å². The van der Waals surface area contributed by atoms with Gasteiger partial charge in [-0.2, -0.15) is 5.10 Å². The Morgan fingerprint density at radius 1 is 0.703 bits per heavy atom. The molecule has 0 radical (unpaired) electrons. The number of nitrogens with one attached hydrogen (secondary N) is 3. The van der Waals surface area contributed by atoms with Crippen molar-refractivity contribution in [2.24, 2.45) is 0 Å². The summed E-state index contributed by atoms with van der Waals surface area (Å²) in [6.07, 6.45) is 1.05. The normalized spacial score (nSPS) is 10.8. The van der Waals surface area contributed by atoms with Gasteiger partial charge in [0.1, 0.15) is 0 Å². The molecule has 0 unspecified atom stereocenters. The van der Waals surface area contributed by atoms with E-state index in [0.29, 0.717) is 30.7 Å². The molecule has 4 aromatic carbocycles. The average Bonchev–Trinajstić information content (AvgIpc) is 2.95. The lowest BCUT2D eigenvalue weighted by Crippen LogP contribution is -2.27. The third-order valence-electron chi connectivity index (χ3n) is 6.26. The van der Waals surface area contributed by atoms with Gasteiger partial charge in [-0.05, 0) is 46.4 Å². The van der Waals surface area contributed by atoms with Crippen LogP contribution in [-0.4, -0.2) is 29.2 Å². The number of benzene rings is 4. The number of fused-ring (bicyclic) bond motifs is 1. The molecule has 0 aliphatic carbocycles. The summed E-state index contributed by atoms with van der Waals surface area (Å²) in [6.45, 7) is 1.17. The maximum absolute atomic E-state index is 12.6. The number of hydrogen-bond donors (Lipinski definition) is 3. The number of aromatic nitrogens is 2. The first-order chi connectivity index (χ1) is 18.2. The van der Waals surface area contributed by atoms with E-state index in [9.17, 15) is 9.59 Å². The first-order valence-corrected chi connectivity index (χ1v) is 12.4. The number of amides is 1. The Balaban J connectivity index is 1.14. The highest BCUT2D eigenvalue weighted by Crippen LogP contribution is 2.27. The highest BCUT2D eigenvalue weighted by molar-refractivity contribution is 5.90. The number of H-pyrrole nitrogens is 1. The lowest BCUT2D eigenvalue weighted by molar-refractivity contribution is -0.120. The first kappa shape index (κ1) is 24.0. The van der Waals surface area contributed by atoms with Crippen LogP contribution in [0.15, 0.2) is 108 Å². The predicted octanol–water partition coefficient (Wildman–Crippen LogP) is 5.42. The topological polar surface area (TPSA) is 86.9 Å². The number of anilines is 1. The van der Waals surface area contributed by atoms with E-state index in [2.05, 4.69) is 69.4 Å². The quantitative estimate of drug-likeness (QED) is 0.242. The lowest BCUT2D eigenvalue weighted by atomic mass is 9.97. The molecule has 0 saturated heterocycles. The van der Waals surface area contributed by atoms with E-state index in [0.717, 1.165) is 28.5 Å². The number of carbonyl (C=O) groups is 1. The summed E-state index contributed by atoms with van der Waals surface area (Å²) in [5.41, 5.74) is 5.33. The molecule has 0 aliphatic rings. The van der Waals surface area contributed by atoms with Crippen LogP contribution in [0, 0.1) is 0 Å². The van der Waals surface area contributed by atoms with Crippen molar-refractivity contribution in [1.82, 2.24) is 15.5 Å². The molecule has 5 rings (SSSR count). The Morgan fingerprint density at radius 3 is 2.16 bits per heavy atom. The van der Waals surface area contributed by atoms with Gasteiger partial charge in [-0.15, -0.1) is 0 Å². The molecule has 37 heavy (non-hydrogen) atoms. The number of aromatic amines is 1. The van der Waals surface area contributed by atoms with Crippen molar-refractivity contribution < 1.29 is 4.79 Å². The summed E-state index contributed by atoms with van der Waals surface area (Å²) < 4.78 is 0. The van der Waals surface area contributed by atoms with Crippen LogP contribution in [0.2, 0.25) is 0 Å². The van der Waals surface area contributed by atoms with Crippen LogP contribution < -0.4 is 16.2 Å². The fourth-order valence-electron chi connectivity index (χ4n) is 4.39. The second-order valence-corrected chi connectivity index (χ2v) is 8.90. The summed E-state index contributed by atoms with van der Waals surface area (Å²) in [5, 5.41) is 14.3. The largest absolute Gasteiger partial charge is 0.368 e. The van der Waals surface area contributed by atoms with E-state index in [1.807, 2.05) is 48.5 Å². The molecule has 0 bridgehead atoms. The fraction of sp³-hybridized carbons (Fsp3) is 0.129. The van der Waals surface area contributed by atoms with Crippen LogP contribution in [-0.2, 0) is 11.2 Å². The molecular formula is C31H28N4O2. The van der Waals surface area contributed by atoms with Crippen LogP contribution in [0.25, 0.3) is 33.0 Å². The fourth-order valence-corrected chi connectivity index (χ4v) is 4.39. The standard InChI is InChI=1S/C31H28N4O2/c36-29(32-17-8-18-33-30-27-15-4-5-16-28(27)31(37)35-34-30)20-22-9-6-12-24(19-22)26-14-7-13-25(21-26)23-10-2-1-3-11-23/h1-7,9-16,19,21H,8,17-18,20H2,(H,32,36)(H,33,34)(H,35,37). The molecule has 5 aromatic rings. The molecular weight excluding hydrogens is 460 g/mol. The van der Waals surface area contributed by atoms with Gasteiger partial charge in [-0.1, -0.05) is 91.0 Å². The van der Waals surface area contributed by atoms with E-state index in [1.165, 1.54) is 11.1 Å². The van der Waals surface area contributed by atoms with Gasteiger partial charge in [0, 0.05) is 18.5 Å². The maximum Gasteiger partial charge on any atom is 0.272 e. The van der Waals surface area contributed by atoms with Gasteiger partial charge >= 0.3 is 0 Å². The number of carbonyl (C=O) groups excluding carboxylic acids is 1. The van der Waals surface area contributed by atoms with Gasteiger partial charge in [-0.25, -0.2) is 5.10 Å². The highest BCUT2D eigenvalue weighted by Gasteiger charge is 2.08. The van der Waals surface area contributed by atoms with Crippen LogP contribution in [0.5, 0.6) is 0 Å². The van der Waals surface area contributed by atoms with Crippen molar-refractivity contribution in [1.29, 1.82) is 0 Å². The number of rotatable bonds is 9. The van der Waals surface area contributed by atoms with Crippen molar-refractivity contribution in [3.05, 3.63) is 119 Å². The van der Waals surface area contributed by atoms with Crippen LogP contribution in [0.4, 0.5) is 5.82 Å². The van der Waals surface area contributed by atoms with Gasteiger partial charge in [0.25, 0.3) is 5.56 Å². The minimum atomic E-state index is -0.207. The van der Waals surface area contributed by atoms with Gasteiger partial charge < -0.3 is 10.6 Å². The first-order valence-electron chi connectivity index (χ1n) is 12.4. The molecule has 1 amide bonds. The number of hydrogen-bond acceptors (Lipinski definition) is 4. The molecule has 1 heterocycles. The minimum Gasteiger partial charge on any atom is -0.368 e. The molecule has 6 nitrogen and oxygen atoms in total. The van der Waals surface area contributed by atoms with Gasteiger partial charge in [-0.3, -0.25) is 9.59 Å². The van der Waals surface area contributed by atoms with Crippen LogP contribution in [0.3, 0.4) is 0 Å². The summed E-state index contributed by atoms with van der Waals surface area (Å²) in [7, 11) is 0. The Bertz CT molecular complexity index is 1580. The van der Waals surface area contributed by atoms with Crippen LogP contribution >= 0.6 is 0 Å². The number of nitrogens with zero attached hydrogens (tertiary/aromatic N) is 1. The third kappa shape index (κ3) is 5.93. The highest BCUT2D eigenvalue weighted by atomic mass is 16.1. The molecule has 6 heteroatoms. The van der Waals surface area contributed by atoms with Crippen molar-refractivity contribution in [2.75, 3.05) is 18.4 Å². The van der Waals surface area contributed by atoms with E-state index >= 15 is 0 Å². The zero-order valence-electron chi connectivity index (χ0n) is 20.4. The second kappa shape index (κ2) is 11.4. The van der Waals surface area contributed by atoms with E-state index in [-0.39, 0.29) is 11.5 Å². The smallest absolute Gasteiger partial charge is 0.272 e. The molecule has 1 aromatic heterocycles. The maximum atomic E-state index is 12.6. The molecule has 0 saturated carbocycles. The Morgan fingerprint density at radius 2 is 1.35 bits per heavy atom. The summed E-state index contributed by atoms with van der Waals surface area (Å²) in [6, 6.07) is 34.3. The SMILES string of the molecule is O=C(Cc1cccc(-c2cccc(-c3ccccc3)c2)c1)NCCCNc1n[nH]c(=O)c2ccccc12. The summed E-state index contributed by atoms with van der Waals surface area (Å²) in [5.74, 6) is 0.623. The molecule has 0 fully saturated rings. The van der Waals surface area contributed by atoms with Gasteiger partial charge in [0.05, 0.1) is 11.8 Å². The zero-order chi connectivity index (χ0) is 25.5. The molecule has 0 aliphatic heterocycles. The van der Waals surface area contributed by atoms with Crippen molar-refractivity contribution >= 4 is 22.5 Å². The Kier molecular flexibility index (Phi) is 7.36. The Labute approximate surface area is 215 Å². The monoisotopic (exact) mass is 488 g/mol. The Hall–Kier alpha value is -4.71. The van der Waals surface area contributed by atoms with Gasteiger partial charge in [0.15, 0.2) is 5.82 Å². The van der Waals surface area contributed by atoms with Crippen molar-refractivity contribution in [2.45, 2.75) is 12.8 Å². The summed E-state index contributed by atoms with van der Waals surface area (Å²) >= 11 is 0. The predicted molar refractivity (Wildman–Crippen MR) is 149 cm³/mol. The van der Waals surface area contributed by atoms with Crippen molar-refractivity contribution in [3.63, 3.8) is 0 Å². The van der Waals surface area contributed by atoms with Gasteiger partial charge in [0.2, 0.25) is 5.91 Å². The molecule has 0 spiro atoms. The van der Waals surface area contributed by atoms with Crippen LogP contribution in [0.1, 0.15) is 12.0 Å². The molecule has 3 N–H and O–H groups in total. The van der Waals surface area contributed by atoms with Crippen molar-refractivity contribution in [3.8, 4) is 22.3 Å². The zero-order valence-corrected chi connectivity index (χ0v) is 20.4. The molecule has 184 valence electrons. The average molecular weight is 489 g/mol. The van der Waals surface area contributed by atoms with E-state index in [4.69, 9.17) is 0 Å². The van der Waals surface area contributed by atoms with E-state index in [1.54, 1.807) is 6.07 Å². The second-order valence-electron chi connectivity index (χ2n) is 8.90.